The van der Waals surface area contributed by atoms with Crippen molar-refractivity contribution in [1.82, 2.24) is 19.4 Å². The molecule has 5 rings (SSSR count). The Kier molecular flexibility index (Phi) is 7.04. The van der Waals surface area contributed by atoms with Gasteiger partial charge in [0.25, 0.3) is 5.56 Å². The number of hydrogen-bond donors (Lipinski definition) is 0. The molecule has 7 heteroatoms. The van der Waals surface area contributed by atoms with Gasteiger partial charge in [-0.15, -0.1) is 0 Å². The summed E-state index contributed by atoms with van der Waals surface area (Å²) in [6.45, 7) is 6.91. The van der Waals surface area contributed by atoms with Gasteiger partial charge in [0.1, 0.15) is 12.4 Å². The Labute approximate surface area is 211 Å². The lowest BCUT2D eigenvalue weighted by atomic mass is 9.93. The van der Waals surface area contributed by atoms with Crippen LogP contribution in [0.15, 0.2) is 59.7 Å². The monoisotopic (exact) mass is 490 g/mol. The van der Waals surface area contributed by atoms with Crippen molar-refractivity contribution in [2.24, 2.45) is 0 Å². The van der Waals surface area contributed by atoms with Crippen LogP contribution >= 0.6 is 11.6 Å². The number of benzene rings is 1. The molecule has 35 heavy (non-hydrogen) atoms. The van der Waals surface area contributed by atoms with E-state index in [1.165, 1.54) is 22.8 Å². The Morgan fingerprint density at radius 3 is 2.77 bits per heavy atom. The summed E-state index contributed by atoms with van der Waals surface area (Å²) in [6.07, 6.45) is 7.28. The molecule has 0 spiro atoms. The fourth-order valence-electron chi connectivity index (χ4n) is 4.78. The minimum atomic E-state index is -0.0953. The van der Waals surface area contributed by atoms with E-state index in [9.17, 15) is 4.79 Å². The summed E-state index contributed by atoms with van der Waals surface area (Å²) < 4.78 is 7.47. The lowest BCUT2D eigenvalue weighted by molar-refractivity contribution is 0.1000. The number of halogens is 1. The molecule has 2 aliphatic rings. The Bertz CT molecular complexity index is 1280. The second-order valence-corrected chi connectivity index (χ2v) is 10.00. The van der Waals surface area contributed by atoms with Gasteiger partial charge in [-0.1, -0.05) is 29.8 Å². The van der Waals surface area contributed by atoms with E-state index in [4.69, 9.17) is 16.3 Å². The normalized spacial score (nSPS) is 18.7. The molecule has 0 N–H and O–H groups in total. The number of fused-ring (bicyclic) bond motifs is 1. The maximum absolute atomic E-state index is 12.8. The summed E-state index contributed by atoms with van der Waals surface area (Å²) in [5.74, 6) is 0.530. The van der Waals surface area contributed by atoms with Crippen molar-refractivity contribution >= 4 is 23.4 Å². The van der Waals surface area contributed by atoms with Crippen molar-refractivity contribution in [1.29, 1.82) is 0 Å². The lowest BCUT2D eigenvalue weighted by Crippen LogP contribution is -2.49. The third kappa shape index (κ3) is 5.67. The number of ether oxygens (including phenoxy) is 1. The fourth-order valence-corrected chi connectivity index (χ4v) is 4.89. The van der Waals surface area contributed by atoms with Gasteiger partial charge in [0.15, 0.2) is 0 Å². The van der Waals surface area contributed by atoms with Gasteiger partial charge in [0.2, 0.25) is 0 Å². The standard InChI is InChI=1S/C28H31ClN4O2/c1-20-17-32(12-11-31(20)2)18-21-3-4-23-14-26(8-5-22(23)13-21)33-10-9-27(15-28(33)34)35-19-25-7-6-24(29)16-30-25/h3-4,6-7,9-10,13-16,20H,5,8,11-12,17-19H2,1-2H3/t20-/m0/s1. The molecule has 182 valence electrons. The van der Waals surface area contributed by atoms with Crippen LogP contribution in [-0.4, -0.2) is 52.1 Å². The van der Waals surface area contributed by atoms with Crippen LogP contribution in [0.1, 0.15) is 35.7 Å². The molecule has 1 aromatic carbocycles. The Balaban J connectivity index is 1.26. The predicted molar refractivity (Wildman–Crippen MR) is 141 cm³/mol. The zero-order chi connectivity index (χ0) is 24.4. The number of rotatable bonds is 6. The molecule has 1 fully saturated rings. The largest absolute Gasteiger partial charge is 0.487 e. The molecule has 0 amide bonds. The molecular formula is C28H31ClN4O2. The quantitative estimate of drug-likeness (QED) is 0.507. The van der Waals surface area contributed by atoms with Crippen molar-refractivity contribution in [3.05, 3.63) is 92.6 Å². The van der Waals surface area contributed by atoms with Crippen LogP contribution in [0.3, 0.4) is 0 Å². The van der Waals surface area contributed by atoms with E-state index >= 15 is 0 Å². The van der Waals surface area contributed by atoms with Gasteiger partial charge in [-0.25, -0.2) is 0 Å². The maximum atomic E-state index is 12.8. The summed E-state index contributed by atoms with van der Waals surface area (Å²) in [6, 6.07) is 14.3. The number of nitrogens with zero attached hydrogens (tertiary/aromatic N) is 4. The second kappa shape index (κ2) is 10.4. The van der Waals surface area contributed by atoms with Crippen molar-refractivity contribution in [3.63, 3.8) is 0 Å². The van der Waals surface area contributed by atoms with Crippen LogP contribution < -0.4 is 10.3 Å². The third-order valence-corrected chi connectivity index (χ3v) is 7.23. The molecule has 3 aromatic rings. The summed E-state index contributed by atoms with van der Waals surface area (Å²) in [5.41, 5.74) is 5.59. The highest BCUT2D eigenvalue weighted by Crippen LogP contribution is 2.28. The number of pyridine rings is 2. The lowest BCUT2D eigenvalue weighted by Gasteiger charge is -2.37. The minimum Gasteiger partial charge on any atom is -0.487 e. The van der Waals surface area contributed by atoms with E-state index in [0.717, 1.165) is 50.4 Å². The maximum Gasteiger partial charge on any atom is 0.258 e. The second-order valence-electron chi connectivity index (χ2n) is 9.56. The molecule has 6 nitrogen and oxygen atoms in total. The van der Waals surface area contributed by atoms with E-state index < -0.39 is 0 Å². The molecule has 0 bridgehead atoms. The topological polar surface area (TPSA) is 50.6 Å². The van der Waals surface area contributed by atoms with Crippen LogP contribution in [0, 0.1) is 0 Å². The van der Waals surface area contributed by atoms with Crippen molar-refractivity contribution in [3.8, 4) is 5.75 Å². The fraction of sp³-hybridized carbons (Fsp3) is 0.357. The minimum absolute atomic E-state index is 0.0953. The van der Waals surface area contributed by atoms with Gasteiger partial charge in [-0.05, 0) is 67.8 Å². The summed E-state index contributed by atoms with van der Waals surface area (Å²) in [4.78, 5) is 22.0. The molecule has 1 aliphatic carbocycles. The summed E-state index contributed by atoms with van der Waals surface area (Å²) >= 11 is 5.87. The van der Waals surface area contributed by atoms with Crippen LogP contribution in [0.5, 0.6) is 5.75 Å². The Morgan fingerprint density at radius 1 is 1.11 bits per heavy atom. The molecule has 0 saturated carbocycles. The number of aryl methyl sites for hydroxylation is 1. The van der Waals surface area contributed by atoms with E-state index in [-0.39, 0.29) is 12.2 Å². The first-order valence-electron chi connectivity index (χ1n) is 12.2. The van der Waals surface area contributed by atoms with E-state index in [1.807, 2.05) is 12.1 Å². The highest BCUT2D eigenvalue weighted by atomic mass is 35.5. The average molecular weight is 491 g/mol. The smallest absolute Gasteiger partial charge is 0.258 e. The van der Waals surface area contributed by atoms with Crippen LogP contribution in [0.25, 0.3) is 11.8 Å². The third-order valence-electron chi connectivity index (χ3n) is 7.01. The molecule has 1 saturated heterocycles. The average Bonchev–Trinajstić information content (AvgIpc) is 2.86. The molecule has 0 unspecified atom stereocenters. The Morgan fingerprint density at radius 2 is 2.00 bits per heavy atom. The number of hydrogen-bond acceptors (Lipinski definition) is 5. The van der Waals surface area contributed by atoms with Gasteiger partial charge in [-0.2, -0.15) is 0 Å². The van der Waals surface area contributed by atoms with Crippen LogP contribution in [-0.2, 0) is 19.6 Å². The van der Waals surface area contributed by atoms with Gasteiger partial charge in [0, 0.05) is 56.4 Å². The van der Waals surface area contributed by atoms with Crippen molar-refractivity contribution < 1.29 is 4.74 Å². The van der Waals surface area contributed by atoms with Crippen molar-refractivity contribution in [2.45, 2.75) is 39.0 Å². The van der Waals surface area contributed by atoms with E-state index in [2.05, 4.69) is 53.0 Å². The van der Waals surface area contributed by atoms with Crippen LogP contribution in [0.2, 0.25) is 5.02 Å². The van der Waals surface area contributed by atoms with Gasteiger partial charge >= 0.3 is 0 Å². The zero-order valence-corrected chi connectivity index (χ0v) is 21.0. The molecular weight excluding hydrogens is 460 g/mol. The molecule has 1 atom stereocenters. The van der Waals surface area contributed by atoms with Gasteiger partial charge in [0.05, 0.1) is 10.7 Å². The number of allylic oxidation sites excluding steroid dienone is 1. The summed E-state index contributed by atoms with van der Waals surface area (Å²) in [5, 5.41) is 0.583. The number of likely N-dealkylation sites (N-methyl/N-ethyl adjacent to an activating group) is 1. The van der Waals surface area contributed by atoms with E-state index in [1.54, 1.807) is 23.0 Å². The van der Waals surface area contributed by atoms with Gasteiger partial charge in [-0.3, -0.25) is 19.2 Å². The Hall–Kier alpha value is -2.93. The van der Waals surface area contributed by atoms with Crippen molar-refractivity contribution in [2.75, 3.05) is 26.7 Å². The first-order valence-corrected chi connectivity index (χ1v) is 12.5. The highest BCUT2D eigenvalue weighted by molar-refractivity contribution is 6.30. The molecule has 2 aromatic heterocycles. The first-order chi connectivity index (χ1) is 16.9. The highest BCUT2D eigenvalue weighted by Gasteiger charge is 2.21. The molecule has 1 aliphatic heterocycles. The molecule has 0 radical (unpaired) electrons. The number of piperazine rings is 1. The zero-order valence-electron chi connectivity index (χ0n) is 20.3. The van der Waals surface area contributed by atoms with E-state index in [0.29, 0.717) is 16.8 Å². The SMILES string of the molecule is C[C@H]1CN(Cc2ccc3c(c2)CCC(n2ccc(OCc4ccc(Cl)cn4)cc2=O)=C3)CCN1C. The van der Waals surface area contributed by atoms with Crippen LogP contribution in [0.4, 0.5) is 0 Å². The van der Waals surface area contributed by atoms with Gasteiger partial charge < -0.3 is 9.64 Å². The molecule has 3 heterocycles. The summed E-state index contributed by atoms with van der Waals surface area (Å²) in [7, 11) is 2.20. The predicted octanol–water partition coefficient (Wildman–Crippen LogP) is 4.56. The number of aromatic nitrogens is 2. The first kappa shape index (κ1) is 23.8.